The molecule has 0 unspecified atom stereocenters. The second-order valence-electron chi connectivity index (χ2n) is 7.65. The predicted octanol–water partition coefficient (Wildman–Crippen LogP) is 3.44. The van der Waals surface area contributed by atoms with E-state index in [1.807, 2.05) is 26.8 Å². The van der Waals surface area contributed by atoms with E-state index in [0.717, 1.165) is 23.1 Å². The van der Waals surface area contributed by atoms with Gasteiger partial charge in [-0.15, -0.1) is 0 Å². The van der Waals surface area contributed by atoms with E-state index in [0.29, 0.717) is 17.9 Å². The Hall–Kier alpha value is -2.74. The first-order valence-electron chi connectivity index (χ1n) is 10.2. The van der Waals surface area contributed by atoms with Crippen LogP contribution in [0.25, 0.3) is 0 Å². The lowest BCUT2D eigenvalue weighted by Crippen LogP contribution is -2.52. The average molecular weight is 449 g/mol. The molecule has 0 spiro atoms. The lowest BCUT2D eigenvalue weighted by molar-refractivity contribution is -0.123. The number of anilines is 1. The fraction of sp³-hybridized carbons (Fsp3) is 0.435. The van der Waals surface area contributed by atoms with E-state index in [1.54, 1.807) is 50.4 Å². The van der Waals surface area contributed by atoms with Crippen LogP contribution in [0, 0.1) is 13.8 Å². The molecule has 2 aromatic rings. The van der Waals surface area contributed by atoms with Gasteiger partial charge < -0.3 is 14.8 Å². The van der Waals surface area contributed by atoms with E-state index in [2.05, 4.69) is 5.32 Å². The number of nitrogens with one attached hydrogen (secondary N) is 1. The second-order valence-corrected chi connectivity index (χ2v) is 9.51. The van der Waals surface area contributed by atoms with E-state index in [4.69, 9.17) is 9.47 Å². The number of rotatable bonds is 10. The number of hydrogen-bond donors (Lipinski definition) is 1. The van der Waals surface area contributed by atoms with Crippen LogP contribution < -0.4 is 19.1 Å². The van der Waals surface area contributed by atoms with Gasteiger partial charge in [0.15, 0.2) is 0 Å². The van der Waals surface area contributed by atoms with E-state index < -0.39 is 16.1 Å². The van der Waals surface area contributed by atoms with Gasteiger partial charge in [0.2, 0.25) is 15.9 Å². The maximum atomic E-state index is 13.0. The van der Waals surface area contributed by atoms with E-state index in [-0.39, 0.29) is 18.6 Å². The maximum absolute atomic E-state index is 13.0. The molecule has 1 N–H and O–H groups in total. The number of benzene rings is 2. The molecule has 0 saturated carbocycles. The van der Waals surface area contributed by atoms with Gasteiger partial charge in [-0.25, -0.2) is 8.42 Å². The summed E-state index contributed by atoms with van der Waals surface area (Å²) < 4.78 is 37.2. The highest BCUT2D eigenvalue weighted by Crippen LogP contribution is 2.25. The summed E-state index contributed by atoms with van der Waals surface area (Å²) in [4.78, 5) is 13.0. The molecular formula is C23H32N2O5S. The first-order valence-corrected chi connectivity index (χ1v) is 12.1. The summed E-state index contributed by atoms with van der Waals surface area (Å²) in [6, 6.07) is 11.4. The maximum Gasteiger partial charge on any atom is 0.244 e. The number of nitrogens with zero attached hydrogens (tertiary/aromatic N) is 1. The molecule has 8 heteroatoms. The van der Waals surface area contributed by atoms with Gasteiger partial charge in [-0.2, -0.15) is 0 Å². The van der Waals surface area contributed by atoms with Crippen molar-refractivity contribution >= 4 is 21.6 Å². The third-order valence-corrected chi connectivity index (χ3v) is 6.20. The van der Waals surface area contributed by atoms with Crippen molar-refractivity contribution in [2.45, 2.75) is 46.2 Å². The Bertz CT molecular complexity index is 990. The van der Waals surface area contributed by atoms with Crippen molar-refractivity contribution in [2.75, 3.05) is 24.3 Å². The SMILES string of the molecule is CC[C@H](C(=O)N[C@@H](C)COc1ccc(OC)cc1)N(c1ccc(C)c(C)c1)S(C)(=O)=O. The van der Waals surface area contributed by atoms with E-state index in [1.165, 1.54) is 4.31 Å². The molecule has 7 nitrogen and oxygen atoms in total. The van der Waals surface area contributed by atoms with Crippen LogP contribution in [0.4, 0.5) is 5.69 Å². The summed E-state index contributed by atoms with van der Waals surface area (Å²) in [5.41, 5.74) is 2.50. The monoisotopic (exact) mass is 448 g/mol. The minimum Gasteiger partial charge on any atom is -0.497 e. The molecule has 0 radical (unpaired) electrons. The van der Waals surface area contributed by atoms with E-state index >= 15 is 0 Å². The molecule has 31 heavy (non-hydrogen) atoms. The van der Waals surface area contributed by atoms with Crippen LogP contribution >= 0.6 is 0 Å². The number of carbonyl (C=O) groups excluding carboxylic acids is 1. The Balaban J connectivity index is 2.12. The van der Waals surface area contributed by atoms with Gasteiger partial charge in [-0.3, -0.25) is 9.10 Å². The van der Waals surface area contributed by atoms with Gasteiger partial charge in [0.1, 0.15) is 24.1 Å². The molecule has 0 aliphatic carbocycles. The van der Waals surface area contributed by atoms with Crippen LogP contribution in [-0.4, -0.2) is 46.4 Å². The lowest BCUT2D eigenvalue weighted by Gasteiger charge is -2.31. The molecule has 0 saturated heterocycles. The van der Waals surface area contributed by atoms with Crippen LogP contribution in [-0.2, 0) is 14.8 Å². The fourth-order valence-electron chi connectivity index (χ4n) is 3.20. The minimum absolute atomic E-state index is 0.247. The molecule has 1 amide bonds. The Labute approximate surface area is 185 Å². The fourth-order valence-corrected chi connectivity index (χ4v) is 4.40. The third-order valence-electron chi connectivity index (χ3n) is 5.02. The zero-order valence-corrected chi connectivity index (χ0v) is 19.8. The number of sulfonamides is 1. The Morgan fingerprint density at radius 1 is 1.06 bits per heavy atom. The molecule has 0 heterocycles. The molecule has 2 rings (SSSR count). The molecular weight excluding hydrogens is 416 g/mol. The Kier molecular flexibility index (Phi) is 8.33. The third kappa shape index (κ3) is 6.62. The summed E-state index contributed by atoms with van der Waals surface area (Å²) >= 11 is 0. The molecule has 170 valence electrons. The number of aryl methyl sites for hydroxylation is 2. The van der Waals surface area contributed by atoms with Gasteiger partial charge in [0.25, 0.3) is 0 Å². The quantitative estimate of drug-likeness (QED) is 0.602. The van der Waals surface area contributed by atoms with Crippen molar-refractivity contribution in [2.24, 2.45) is 0 Å². The highest BCUT2D eigenvalue weighted by atomic mass is 32.2. The molecule has 0 fully saturated rings. The first kappa shape index (κ1) is 24.5. The Morgan fingerprint density at radius 2 is 1.68 bits per heavy atom. The van der Waals surface area contributed by atoms with Gasteiger partial charge in [-0.05, 0) is 74.7 Å². The summed E-state index contributed by atoms with van der Waals surface area (Å²) in [7, 11) is -2.08. The number of ether oxygens (including phenoxy) is 2. The standard InChI is InChI=1S/C23H32N2O5S/c1-7-22(25(31(6,27)28)19-9-8-16(2)17(3)14-19)23(26)24-18(4)15-30-21-12-10-20(29-5)11-13-21/h8-14,18,22H,7,15H2,1-6H3,(H,24,26)/t18-,22+/m0/s1. The number of amides is 1. The zero-order valence-electron chi connectivity index (χ0n) is 19.0. The minimum atomic E-state index is -3.67. The molecule has 2 atom stereocenters. The highest BCUT2D eigenvalue weighted by molar-refractivity contribution is 7.92. The van der Waals surface area contributed by atoms with Crippen molar-refractivity contribution in [1.82, 2.24) is 5.32 Å². The normalized spacial score (nSPS) is 13.2. The van der Waals surface area contributed by atoms with Crippen LogP contribution in [0.5, 0.6) is 11.5 Å². The van der Waals surface area contributed by atoms with Gasteiger partial charge >= 0.3 is 0 Å². The van der Waals surface area contributed by atoms with Crippen LogP contribution in [0.3, 0.4) is 0 Å². The summed E-state index contributed by atoms with van der Waals surface area (Å²) in [6.07, 6.45) is 1.45. The van der Waals surface area contributed by atoms with Crippen molar-refractivity contribution in [1.29, 1.82) is 0 Å². The van der Waals surface area contributed by atoms with Gasteiger partial charge in [-0.1, -0.05) is 13.0 Å². The van der Waals surface area contributed by atoms with Crippen molar-refractivity contribution in [3.63, 3.8) is 0 Å². The van der Waals surface area contributed by atoms with Crippen molar-refractivity contribution in [3.8, 4) is 11.5 Å². The summed E-state index contributed by atoms with van der Waals surface area (Å²) in [6.45, 7) is 7.73. The second kappa shape index (κ2) is 10.5. The summed E-state index contributed by atoms with van der Waals surface area (Å²) in [5.74, 6) is 1.02. The number of methoxy groups -OCH3 is 1. The lowest BCUT2D eigenvalue weighted by atomic mass is 10.1. The zero-order chi connectivity index (χ0) is 23.2. The van der Waals surface area contributed by atoms with Gasteiger partial charge in [0.05, 0.1) is 25.1 Å². The topological polar surface area (TPSA) is 84.9 Å². The average Bonchev–Trinajstić information content (AvgIpc) is 2.72. The highest BCUT2D eigenvalue weighted by Gasteiger charge is 2.32. The largest absolute Gasteiger partial charge is 0.497 e. The molecule has 2 aromatic carbocycles. The van der Waals surface area contributed by atoms with Crippen LogP contribution in [0.15, 0.2) is 42.5 Å². The molecule has 0 aliphatic rings. The summed E-state index contributed by atoms with van der Waals surface area (Å²) in [5, 5.41) is 2.88. The Morgan fingerprint density at radius 3 is 2.19 bits per heavy atom. The number of carbonyl (C=O) groups is 1. The van der Waals surface area contributed by atoms with Crippen LogP contribution in [0.2, 0.25) is 0 Å². The molecule has 0 aliphatic heterocycles. The van der Waals surface area contributed by atoms with Gasteiger partial charge in [0, 0.05) is 0 Å². The molecule has 0 bridgehead atoms. The molecule has 0 aromatic heterocycles. The smallest absolute Gasteiger partial charge is 0.244 e. The number of hydrogen-bond acceptors (Lipinski definition) is 5. The predicted molar refractivity (Wildman–Crippen MR) is 123 cm³/mol. The first-order chi connectivity index (χ1) is 14.6. The van der Waals surface area contributed by atoms with Crippen molar-refractivity contribution in [3.05, 3.63) is 53.6 Å². The van der Waals surface area contributed by atoms with E-state index in [9.17, 15) is 13.2 Å². The van der Waals surface area contributed by atoms with Crippen LogP contribution in [0.1, 0.15) is 31.4 Å². The van der Waals surface area contributed by atoms with Crippen molar-refractivity contribution < 1.29 is 22.7 Å².